The van der Waals surface area contributed by atoms with Crippen molar-refractivity contribution in [2.24, 2.45) is 4.99 Å². The third-order valence-corrected chi connectivity index (χ3v) is 6.67. The number of carbonyl (C=O) groups is 2. The zero-order chi connectivity index (χ0) is 25.5. The normalized spacial score (nSPS) is 15.5. The van der Waals surface area contributed by atoms with E-state index in [1.54, 1.807) is 17.0 Å². The Hall–Kier alpha value is -3.84. The number of hydrogen-bond acceptors (Lipinski definition) is 6. The first-order chi connectivity index (χ1) is 17.4. The van der Waals surface area contributed by atoms with Crippen LogP contribution in [0.4, 0.5) is 11.4 Å². The van der Waals surface area contributed by atoms with Crippen molar-refractivity contribution in [2.75, 3.05) is 18.9 Å². The second-order valence-corrected chi connectivity index (χ2v) is 9.59. The molecule has 6 nitrogen and oxygen atoms in total. The van der Waals surface area contributed by atoms with Crippen LogP contribution in [0.1, 0.15) is 35.3 Å². The number of hydrogen-bond donors (Lipinski definition) is 1. The molecule has 0 aliphatic carbocycles. The Kier molecular flexibility index (Phi) is 8.23. The average Bonchev–Trinajstić information content (AvgIpc) is 3.15. The number of aliphatic imine (C=N–C) groups is 1. The molecule has 36 heavy (non-hydrogen) atoms. The number of nitrogens with one attached hydrogen (secondary N) is 1. The van der Waals surface area contributed by atoms with Crippen LogP contribution in [0.3, 0.4) is 0 Å². The smallest absolute Gasteiger partial charge is 0.268 e. The van der Waals surface area contributed by atoms with E-state index in [9.17, 15) is 9.59 Å². The highest BCUT2D eigenvalue weighted by Gasteiger charge is 2.34. The maximum absolute atomic E-state index is 13.5. The minimum atomic E-state index is -0.0877. The molecule has 1 saturated heterocycles. The first-order valence-electron chi connectivity index (χ1n) is 11.9. The van der Waals surface area contributed by atoms with Gasteiger partial charge in [-0.3, -0.25) is 14.5 Å². The van der Waals surface area contributed by atoms with Crippen molar-refractivity contribution in [3.63, 3.8) is 0 Å². The first-order valence-corrected chi connectivity index (χ1v) is 12.7. The predicted octanol–water partition coefficient (Wildman–Crippen LogP) is 6.06. The second-order valence-electron chi connectivity index (χ2n) is 8.59. The molecule has 3 aromatic carbocycles. The molecular formula is C29H30N4O2S. The van der Waals surface area contributed by atoms with Crippen LogP contribution in [0.5, 0.6) is 0 Å². The highest BCUT2D eigenvalue weighted by atomic mass is 32.2. The monoisotopic (exact) mass is 498 g/mol. The van der Waals surface area contributed by atoms with Crippen LogP contribution in [0, 0.1) is 0 Å². The van der Waals surface area contributed by atoms with E-state index in [0.29, 0.717) is 41.0 Å². The fraction of sp³-hybridized carbons (Fsp3) is 0.207. The lowest BCUT2D eigenvalue weighted by Gasteiger charge is -2.17. The molecule has 0 unspecified atom stereocenters. The average molecular weight is 499 g/mol. The molecule has 1 aliphatic rings. The van der Waals surface area contributed by atoms with Crippen LogP contribution >= 0.6 is 11.8 Å². The van der Waals surface area contributed by atoms with E-state index >= 15 is 0 Å². The summed E-state index contributed by atoms with van der Waals surface area (Å²) in [6.07, 6.45) is 1.89. The molecule has 184 valence electrons. The van der Waals surface area contributed by atoms with E-state index in [4.69, 9.17) is 4.99 Å². The number of anilines is 1. The molecule has 0 atom stereocenters. The highest BCUT2D eigenvalue weighted by molar-refractivity contribution is 8.18. The van der Waals surface area contributed by atoms with Gasteiger partial charge < -0.3 is 10.2 Å². The Morgan fingerprint density at radius 1 is 1.03 bits per heavy atom. The number of thioether (sulfide) groups is 1. The van der Waals surface area contributed by atoms with Crippen LogP contribution in [-0.4, -0.2) is 40.3 Å². The lowest BCUT2D eigenvalue weighted by atomic mass is 10.1. The summed E-state index contributed by atoms with van der Waals surface area (Å²) in [5.41, 5.74) is 4.22. The third-order valence-electron chi connectivity index (χ3n) is 5.67. The fourth-order valence-corrected chi connectivity index (χ4v) is 4.92. The Morgan fingerprint density at radius 2 is 1.69 bits per heavy atom. The van der Waals surface area contributed by atoms with Crippen molar-refractivity contribution in [2.45, 2.75) is 26.9 Å². The van der Waals surface area contributed by atoms with E-state index in [1.165, 1.54) is 24.2 Å². The van der Waals surface area contributed by atoms with E-state index in [2.05, 4.69) is 17.4 Å². The van der Waals surface area contributed by atoms with Crippen LogP contribution in [0.2, 0.25) is 0 Å². The van der Waals surface area contributed by atoms with Gasteiger partial charge in [0.25, 0.3) is 5.91 Å². The van der Waals surface area contributed by atoms with E-state index in [0.717, 1.165) is 11.3 Å². The third kappa shape index (κ3) is 6.23. The molecule has 7 heteroatoms. The summed E-state index contributed by atoms with van der Waals surface area (Å²) >= 11 is 1.35. The molecule has 0 aromatic heterocycles. The summed E-state index contributed by atoms with van der Waals surface area (Å²) < 4.78 is 0. The van der Waals surface area contributed by atoms with Crippen molar-refractivity contribution in [3.8, 4) is 0 Å². The molecular weight excluding hydrogens is 468 g/mol. The summed E-state index contributed by atoms with van der Waals surface area (Å²) in [6.45, 7) is 5.36. The van der Waals surface area contributed by atoms with Gasteiger partial charge in [-0.05, 0) is 54.9 Å². The first kappa shape index (κ1) is 25.3. The Bertz CT molecular complexity index is 1290. The Morgan fingerprint density at radius 3 is 2.33 bits per heavy atom. The van der Waals surface area contributed by atoms with Gasteiger partial charge in [0, 0.05) is 31.9 Å². The van der Waals surface area contributed by atoms with E-state index in [-0.39, 0.29) is 11.7 Å². The number of rotatable bonds is 9. The van der Waals surface area contributed by atoms with Crippen LogP contribution in [0.15, 0.2) is 95.0 Å². The number of amidine groups is 1. The van der Waals surface area contributed by atoms with Crippen LogP contribution in [0.25, 0.3) is 0 Å². The quantitative estimate of drug-likeness (QED) is 0.287. The summed E-state index contributed by atoms with van der Waals surface area (Å²) in [7, 11) is 1.96. The zero-order valence-corrected chi connectivity index (χ0v) is 21.6. The Balaban J connectivity index is 1.70. The highest BCUT2D eigenvalue weighted by Crippen LogP contribution is 2.36. The van der Waals surface area contributed by atoms with Crippen molar-refractivity contribution >= 4 is 40.0 Å². The largest absolute Gasteiger partial charge is 0.384 e. The van der Waals surface area contributed by atoms with Gasteiger partial charge in [0.15, 0.2) is 11.0 Å². The topological polar surface area (TPSA) is 65.0 Å². The lowest BCUT2D eigenvalue weighted by molar-refractivity contribution is -0.122. The lowest BCUT2D eigenvalue weighted by Crippen LogP contribution is -2.28. The summed E-state index contributed by atoms with van der Waals surface area (Å²) in [5.74, 6) is -0.117. The molecule has 1 amide bonds. The van der Waals surface area contributed by atoms with Gasteiger partial charge >= 0.3 is 0 Å². The van der Waals surface area contributed by atoms with Gasteiger partial charge in [0.1, 0.15) is 0 Å². The summed E-state index contributed by atoms with van der Waals surface area (Å²) in [6, 6.07) is 25.5. The molecule has 4 rings (SSSR count). The fourth-order valence-electron chi connectivity index (χ4n) is 3.89. The van der Waals surface area contributed by atoms with Gasteiger partial charge in [0.05, 0.1) is 22.8 Å². The van der Waals surface area contributed by atoms with E-state index < -0.39 is 0 Å². The van der Waals surface area contributed by atoms with Crippen molar-refractivity contribution in [3.05, 3.63) is 107 Å². The van der Waals surface area contributed by atoms with Crippen LogP contribution in [-0.2, 0) is 17.9 Å². The number of carbonyl (C=O) groups excluding carboxylic acids is 2. The molecule has 0 bridgehead atoms. The van der Waals surface area contributed by atoms with Crippen molar-refractivity contribution in [1.82, 2.24) is 9.80 Å². The second kappa shape index (κ2) is 11.7. The Labute approximate surface area is 216 Å². The molecule has 0 radical (unpaired) electrons. The van der Waals surface area contributed by atoms with Gasteiger partial charge in [-0.2, -0.15) is 0 Å². The molecule has 1 heterocycles. The predicted molar refractivity (Wildman–Crippen MR) is 148 cm³/mol. The molecule has 1 N–H and O–H groups in total. The number of ketones is 1. The number of benzene rings is 3. The number of Topliss-reactive ketones (excluding diaryl/α,β-unsaturated/α-hetero) is 1. The van der Waals surface area contributed by atoms with Crippen LogP contribution < -0.4 is 5.32 Å². The maximum Gasteiger partial charge on any atom is 0.268 e. The SMILES string of the molecule is CCNc1ccc(C(C)=O)cc1/N=C1\S/C(=C\N(C)Cc2ccccc2)C(=O)N1Cc1ccccc1. The molecule has 0 spiro atoms. The zero-order valence-electron chi connectivity index (χ0n) is 20.8. The number of amides is 1. The molecule has 1 fully saturated rings. The number of nitrogens with zero attached hydrogens (tertiary/aromatic N) is 3. The van der Waals surface area contributed by atoms with Crippen molar-refractivity contribution in [1.29, 1.82) is 0 Å². The van der Waals surface area contributed by atoms with Gasteiger partial charge in [-0.1, -0.05) is 60.7 Å². The minimum absolute atomic E-state index is 0.0288. The van der Waals surface area contributed by atoms with E-state index in [1.807, 2.05) is 79.7 Å². The maximum atomic E-state index is 13.5. The molecule has 1 aliphatic heterocycles. The molecule has 0 saturated carbocycles. The van der Waals surface area contributed by atoms with Crippen molar-refractivity contribution < 1.29 is 9.59 Å². The summed E-state index contributed by atoms with van der Waals surface area (Å²) in [4.78, 5) is 34.8. The van der Waals surface area contributed by atoms with Gasteiger partial charge in [0.2, 0.25) is 0 Å². The summed E-state index contributed by atoms with van der Waals surface area (Å²) in [5, 5.41) is 3.89. The minimum Gasteiger partial charge on any atom is -0.384 e. The molecule has 3 aromatic rings. The van der Waals surface area contributed by atoms with Gasteiger partial charge in [-0.25, -0.2) is 4.99 Å². The van der Waals surface area contributed by atoms with Gasteiger partial charge in [-0.15, -0.1) is 0 Å². The standard InChI is InChI=1S/C29H30N4O2S/c1-4-30-25-16-15-24(21(2)34)17-26(25)31-29-33(19-23-13-9-6-10-14-23)28(35)27(36-29)20-32(3)18-22-11-7-5-8-12-22/h5-17,20,30H,4,18-19H2,1-3H3/b27-20-,31-29-.